The van der Waals surface area contributed by atoms with E-state index in [1.165, 1.54) is 6.92 Å². The lowest BCUT2D eigenvalue weighted by molar-refractivity contribution is -0.114. The van der Waals surface area contributed by atoms with Crippen molar-refractivity contribution in [1.29, 1.82) is 0 Å². The van der Waals surface area contributed by atoms with Crippen molar-refractivity contribution in [2.24, 2.45) is 0 Å². The number of piperidine rings is 1. The van der Waals surface area contributed by atoms with Gasteiger partial charge in [-0.3, -0.25) is 9.59 Å². The van der Waals surface area contributed by atoms with Gasteiger partial charge in [-0.2, -0.15) is 0 Å². The molecule has 8 heteroatoms. The number of likely N-dealkylation sites (tertiary alicyclic amines) is 2. The van der Waals surface area contributed by atoms with Crippen LogP contribution in [0.1, 0.15) is 49.4 Å². The fraction of sp³-hybridized carbons (Fsp3) is 0.619. The summed E-state index contributed by atoms with van der Waals surface area (Å²) in [5, 5.41) is 13.7. The molecule has 2 N–H and O–H groups in total. The minimum atomic E-state index is -2.60. The van der Waals surface area contributed by atoms with Gasteiger partial charge in [-0.25, -0.2) is 8.78 Å². The number of rotatable bonds is 4. The summed E-state index contributed by atoms with van der Waals surface area (Å²) in [6, 6.07) is 6.74. The molecule has 2 fully saturated rings. The van der Waals surface area contributed by atoms with Crippen LogP contribution in [0.25, 0.3) is 0 Å². The molecular formula is C21H29F2N3O3. The van der Waals surface area contributed by atoms with Crippen LogP contribution in [0.15, 0.2) is 24.3 Å². The van der Waals surface area contributed by atoms with Gasteiger partial charge in [0.2, 0.25) is 5.91 Å². The number of nitrogens with one attached hydrogen (secondary N) is 1. The third kappa shape index (κ3) is 5.96. The molecule has 0 bridgehead atoms. The van der Waals surface area contributed by atoms with Crippen molar-refractivity contribution in [2.45, 2.75) is 50.6 Å². The molecule has 1 aromatic rings. The zero-order chi connectivity index (χ0) is 21.1. The van der Waals surface area contributed by atoms with Gasteiger partial charge >= 0.3 is 0 Å². The summed E-state index contributed by atoms with van der Waals surface area (Å²) in [5.41, 5.74) is 0.200. The molecule has 3 rings (SSSR count). The first-order valence-electron chi connectivity index (χ1n) is 10.2. The maximum absolute atomic E-state index is 13.4. The van der Waals surface area contributed by atoms with Gasteiger partial charge < -0.3 is 20.2 Å². The lowest BCUT2D eigenvalue weighted by atomic mass is 9.93. The number of aliphatic hydroxyl groups is 1. The van der Waals surface area contributed by atoms with Crippen LogP contribution < -0.4 is 5.32 Å². The maximum Gasteiger partial charge on any atom is 0.253 e. The van der Waals surface area contributed by atoms with Crippen LogP contribution in [0.4, 0.5) is 14.5 Å². The Morgan fingerprint density at radius 2 is 1.69 bits per heavy atom. The van der Waals surface area contributed by atoms with Crippen LogP contribution in [0, 0.1) is 0 Å². The van der Waals surface area contributed by atoms with Gasteiger partial charge in [0.1, 0.15) is 0 Å². The number of alkyl halides is 2. The molecule has 2 aliphatic heterocycles. The smallest absolute Gasteiger partial charge is 0.253 e. The van der Waals surface area contributed by atoms with Gasteiger partial charge in [-0.05, 0) is 43.5 Å². The number of halogens is 2. The fourth-order valence-electron chi connectivity index (χ4n) is 4.08. The van der Waals surface area contributed by atoms with Crippen molar-refractivity contribution < 1.29 is 23.5 Å². The summed E-state index contributed by atoms with van der Waals surface area (Å²) >= 11 is 0. The summed E-state index contributed by atoms with van der Waals surface area (Å²) in [6.07, 6.45) is 1.31. The van der Waals surface area contributed by atoms with E-state index in [4.69, 9.17) is 0 Å². The molecule has 0 saturated carbocycles. The predicted octanol–water partition coefficient (Wildman–Crippen LogP) is 2.73. The molecule has 1 aromatic carbocycles. The van der Waals surface area contributed by atoms with E-state index >= 15 is 0 Å². The van der Waals surface area contributed by atoms with E-state index in [2.05, 4.69) is 5.32 Å². The van der Waals surface area contributed by atoms with Crippen molar-refractivity contribution in [3.8, 4) is 0 Å². The molecular weight excluding hydrogens is 380 g/mol. The highest BCUT2D eigenvalue weighted by molar-refractivity contribution is 5.95. The summed E-state index contributed by atoms with van der Waals surface area (Å²) < 4.78 is 26.7. The highest BCUT2D eigenvalue weighted by Gasteiger charge is 2.38. The van der Waals surface area contributed by atoms with Gasteiger partial charge in [0.15, 0.2) is 0 Å². The number of nitrogens with zero attached hydrogens (tertiary/aromatic N) is 2. The summed E-state index contributed by atoms with van der Waals surface area (Å²) in [6.45, 7) is 3.35. The Hall–Kier alpha value is -2.06. The van der Waals surface area contributed by atoms with Gasteiger partial charge in [-0.1, -0.05) is 0 Å². The van der Waals surface area contributed by atoms with E-state index < -0.39 is 11.5 Å². The second kappa shape index (κ2) is 8.75. The second-order valence-electron chi connectivity index (χ2n) is 8.26. The van der Waals surface area contributed by atoms with Crippen LogP contribution in [-0.4, -0.2) is 71.0 Å². The highest BCUT2D eigenvalue weighted by atomic mass is 19.3. The van der Waals surface area contributed by atoms with Gasteiger partial charge in [-0.15, -0.1) is 0 Å². The lowest BCUT2D eigenvalue weighted by Gasteiger charge is -2.37. The number of hydrogen-bond acceptors (Lipinski definition) is 4. The molecule has 0 radical (unpaired) electrons. The van der Waals surface area contributed by atoms with Crippen molar-refractivity contribution in [1.82, 2.24) is 9.80 Å². The first kappa shape index (κ1) is 21.6. The van der Waals surface area contributed by atoms with E-state index in [0.29, 0.717) is 63.2 Å². The number of anilines is 1. The lowest BCUT2D eigenvalue weighted by Crippen LogP contribution is -2.48. The van der Waals surface area contributed by atoms with Gasteiger partial charge in [0.25, 0.3) is 11.8 Å². The molecule has 0 spiro atoms. The molecule has 0 aliphatic carbocycles. The molecule has 1 unspecified atom stereocenters. The molecule has 2 amide bonds. The Kier molecular flexibility index (Phi) is 6.53. The van der Waals surface area contributed by atoms with Crippen molar-refractivity contribution in [3.63, 3.8) is 0 Å². The van der Waals surface area contributed by atoms with Crippen LogP contribution in [0.2, 0.25) is 0 Å². The van der Waals surface area contributed by atoms with E-state index in [9.17, 15) is 23.5 Å². The summed E-state index contributed by atoms with van der Waals surface area (Å²) in [5.74, 6) is -2.88. The first-order chi connectivity index (χ1) is 13.7. The Labute approximate surface area is 169 Å². The average Bonchev–Trinajstić information content (AvgIpc) is 2.85. The Morgan fingerprint density at radius 1 is 1.03 bits per heavy atom. The molecule has 6 nitrogen and oxygen atoms in total. The maximum atomic E-state index is 13.4. The molecule has 0 aromatic heterocycles. The van der Waals surface area contributed by atoms with Crippen LogP contribution in [0.3, 0.4) is 0 Å². The van der Waals surface area contributed by atoms with Crippen LogP contribution >= 0.6 is 0 Å². The number of carbonyl (C=O) groups is 2. The minimum Gasteiger partial charge on any atom is -0.388 e. The van der Waals surface area contributed by atoms with E-state index in [1.807, 2.05) is 4.90 Å². The van der Waals surface area contributed by atoms with Crippen molar-refractivity contribution in [3.05, 3.63) is 29.8 Å². The Bertz CT molecular complexity index is 731. The second-order valence-corrected chi connectivity index (χ2v) is 8.26. The van der Waals surface area contributed by atoms with E-state index in [1.54, 1.807) is 29.2 Å². The minimum absolute atomic E-state index is 0.110. The molecule has 2 saturated heterocycles. The largest absolute Gasteiger partial charge is 0.388 e. The van der Waals surface area contributed by atoms with E-state index in [0.717, 1.165) is 0 Å². The van der Waals surface area contributed by atoms with Crippen molar-refractivity contribution >= 4 is 17.5 Å². The zero-order valence-electron chi connectivity index (χ0n) is 16.8. The van der Waals surface area contributed by atoms with Crippen LogP contribution in [-0.2, 0) is 4.79 Å². The molecule has 2 aliphatic rings. The zero-order valence-corrected chi connectivity index (χ0v) is 16.8. The number of hydrogen-bond donors (Lipinski definition) is 2. The third-order valence-corrected chi connectivity index (χ3v) is 5.76. The average molecular weight is 409 g/mol. The fourth-order valence-corrected chi connectivity index (χ4v) is 4.08. The topological polar surface area (TPSA) is 72.9 Å². The SMILES string of the molecule is CC(=O)Nc1ccc(C(=O)N2CCCC(O)(CN3CCC(F)(F)CC3)CC2)cc1. The first-order valence-corrected chi connectivity index (χ1v) is 10.2. The molecule has 29 heavy (non-hydrogen) atoms. The predicted molar refractivity (Wildman–Crippen MR) is 106 cm³/mol. The quantitative estimate of drug-likeness (QED) is 0.802. The van der Waals surface area contributed by atoms with Gasteiger partial charge in [0.05, 0.1) is 5.60 Å². The highest BCUT2D eigenvalue weighted by Crippen LogP contribution is 2.30. The molecule has 2 heterocycles. The normalized spacial score (nSPS) is 25.3. The third-order valence-electron chi connectivity index (χ3n) is 5.76. The summed E-state index contributed by atoms with van der Waals surface area (Å²) in [7, 11) is 0. The monoisotopic (exact) mass is 409 g/mol. The van der Waals surface area contributed by atoms with Gasteiger partial charge in [0, 0.05) is 63.7 Å². The van der Waals surface area contributed by atoms with E-state index in [-0.39, 0.29) is 24.7 Å². The number of carbonyl (C=O) groups excluding carboxylic acids is 2. The number of amides is 2. The number of β-amino-alcohol motifs (C(OH)–C–C–N with tert-alkyl or cyclic N) is 1. The molecule has 160 valence electrons. The standard InChI is InChI=1S/C21H29F2N3O3/c1-16(27)24-18-5-3-17(4-6-18)19(28)26-11-2-7-20(29,8-14-26)15-25-12-9-21(22,23)10-13-25/h3-6,29H,2,7-15H2,1H3,(H,24,27). The summed E-state index contributed by atoms with van der Waals surface area (Å²) in [4.78, 5) is 27.6. The Morgan fingerprint density at radius 3 is 2.31 bits per heavy atom. The van der Waals surface area contributed by atoms with Crippen LogP contribution in [0.5, 0.6) is 0 Å². The molecule has 1 atom stereocenters. The van der Waals surface area contributed by atoms with Crippen molar-refractivity contribution in [2.75, 3.05) is 38.0 Å². The Balaban J connectivity index is 1.56. The number of benzene rings is 1.